The van der Waals surface area contributed by atoms with E-state index in [0.717, 1.165) is 6.42 Å². The monoisotopic (exact) mass is 140 g/mol. The molecule has 54 valence electrons. The van der Waals surface area contributed by atoms with Crippen LogP contribution in [0.4, 0.5) is 4.79 Å². The molecule has 1 aliphatic rings. The van der Waals surface area contributed by atoms with Crippen LogP contribution in [0, 0.1) is 11.3 Å². The van der Waals surface area contributed by atoms with Crippen LogP contribution in [0.25, 0.3) is 0 Å². The number of hydrogen-bond acceptors (Lipinski definition) is 2. The van der Waals surface area contributed by atoms with Crippen molar-refractivity contribution in [3.63, 3.8) is 0 Å². The van der Waals surface area contributed by atoms with Crippen LogP contribution in [0.1, 0.15) is 12.8 Å². The van der Waals surface area contributed by atoms with Gasteiger partial charge in [-0.3, -0.25) is 4.90 Å². The number of carboxylic acid groups (broad SMARTS) is 1. The number of amides is 1. The van der Waals surface area contributed by atoms with Crippen molar-refractivity contribution in [1.82, 2.24) is 4.90 Å². The van der Waals surface area contributed by atoms with Gasteiger partial charge in [0.05, 0.1) is 6.07 Å². The fourth-order valence-electron chi connectivity index (χ4n) is 1.13. The molecule has 1 saturated heterocycles. The lowest BCUT2D eigenvalue weighted by Crippen LogP contribution is -2.32. The van der Waals surface area contributed by atoms with Gasteiger partial charge in [0.1, 0.15) is 6.04 Å². The van der Waals surface area contributed by atoms with Crippen molar-refractivity contribution in [3.05, 3.63) is 0 Å². The molecule has 1 N–H and O–H groups in total. The van der Waals surface area contributed by atoms with E-state index < -0.39 is 12.1 Å². The molecule has 1 fully saturated rings. The summed E-state index contributed by atoms with van der Waals surface area (Å²) < 4.78 is 0. The first-order chi connectivity index (χ1) is 4.75. The third-order valence-corrected chi connectivity index (χ3v) is 1.65. The first kappa shape index (κ1) is 6.87. The van der Waals surface area contributed by atoms with Gasteiger partial charge in [-0.25, -0.2) is 4.79 Å². The molecule has 0 aromatic rings. The molecule has 0 unspecified atom stereocenters. The summed E-state index contributed by atoms with van der Waals surface area (Å²) in [5.41, 5.74) is 0. The van der Waals surface area contributed by atoms with Gasteiger partial charge < -0.3 is 5.11 Å². The van der Waals surface area contributed by atoms with Crippen LogP contribution in [0.15, 0.2) is 0 Å². The van der Waals surface area contributed by atoms with Crippen molar-refractivity contribution in [3.8, 4) is 6.07 Å². The van der Waals surface area contributed by atoms with Gasteiger partial charge in [-0.15, -0.1) is 0 Å². The Morgan fingerprint density at radius 3 is 2.90 bits per heavy atom. The molecule has 4 heteroatoms. The van der Waals surface area contributed by atoms with E-state index in [0.29, 0.717) is 13.0 Å². The Morgan fingerprint density at radius 1 is 1.80 bits per heavy atom. The molecular weight excluding hydrogens is 132 g/mol. The van der Waals surface area contributed by atoms with Crippen molar-refractivity contribution >= 4 is 6.09 Å². The maximum absolute atomic E-state index is 10.3. The lowest BCUT2D eigenvalue weighted by molar-refractivity contribution is 0.148. The van der Waals surface area contributed by atoms with E-state index in [1.54, 1.807) is 0 Å². The van der Waals surface area contributed by atoms with Crippen molar-refractivity contribution < 1.29 is 9.90 Å². The quantitative estimate of drug-likeness (QED) is 0.537. The molecule has 1 heterocycles. The summed E-state index contributed by atoms with van der Waals surface area (Å²) in [5.74, 6) is 0. The summed E-state index contributed by atoms with van der Waals surface area (Å²) in [6.07, 6.45) is 0.511. The average molecular weight is 140 g/mol. The molecule has 0 aliphatic carbocycles. The highest BCUT2D eigenvalue weighted by Gasteiger charge is 2.27. The second-order valence-electron chi connectivity index (χ2n) is 2.26. The van der Waals surface area contributed by atoms with Crippen LogP contribution in [0.3, 0.4) is 0 Å². The maximum Gasteiger partial charge on any atom is 0.408 e. The topological polar surface area (TPSA) is 64.3 Å². The number of likely N-dealkylation sites (tertiary alicyclic amines) is 1. The highest BCUT2D eigenvalue weighted by Crippen LogP contribution is 2.15. The van der Waals surface area contributed by atoms with Gasteiger partial charge in [-0.2, -0.15) is 5.26 Å². The molecule has 1 atom stereocenters. The van der Waals surface area contributed by atoms with Crippen molar-refractivity contribution in [1.29, 1.82) is 5.26 Å². The molecular formula is C6H8N2O2. The van der Waals surface area contributed by atoms with Gasteiger partial charge in [0.25, 0.3) is 0 Å². The summed E-state index contributed by atoms with van der Waals surface area (Å²) in [4.78, 5) is 11.5. The minimum Gasteiger partial charge on any atom is -0.465 e. The molecule has 1 amide bonds. The third kappa shape index (κ3) is 1.03. The molecule has 0 spiro atoms. The predicted molar refractivity (Wildman–Crippen MR) is 33.4 cm³/mol. The van der Waals surface area contributed by atoms with Crippen LogP contribution >= 0.6 is 0 Å². The number of carbonyl (C=O) groups is 1. The normalized spacial score (nSPS) is 24.3. The van der Waals surface area contributed by atoms with E-state index in [-0.39, 0.29) is 0 Å². The number of rotatable bonds is 0. The van der Waals surface area contributed by atoms with E-state index in [1.165, 1.54) is 4.90 Å². The van der Waals surface area contributed by atoms with Crippen LogP contribution in [-0.4, -0.2) is 28.7 Å². The van der Waals surface area contributed by atoms with Gasteiger partial charge in [-0.1, -0.05) is 0 Å². The van der Waals surface area contributed by atoms with Gasteiger partial charge in [0, 0.05) is 6.54 Å². The Balaban J connectivity index is 2.61. The summed E-state index contributed by atoms with van der Waals surface area (Å²) in [5, 5.41) is 16.9. The van der Waals surface area contributed by atoms with Gasteiger partial charge in [0.2, 0.25) is 0 Å². The largest absolute Gasteiger partial charge is 0.465 e. The van der Waals surface area contributed by atoms with E-state index in [4.69, 9.17) is 10.4 Å². The molecule has 0 aromatic heterocycles. The zero-order valence-electron chi connectivity index (χ0n) is 5.45. The second kappa shape index (κ2) is 2.56. The van der Waals surface area contributed by atoms with E-state index >= 15 is 0 Å². The highest BCUT2D eigenvalue weighted by molar-refractivity contribution is 5.66. The third-order valence-electron chi connectivity index (χ3n) is 1.65. The van der Waals surface area contributed by atoms with Gasteiger partial charge >= 0.3 is 6.09 Å². The first-order valence-corrected chi connectivity index (χ1v) is 3.15. The van der Waals surface area contributed by atoms with Crippen molar-refractivity contribution in [2.45, 2.75) is 18.9 Å². The molecule has 1 rings (SSSR count). The molecule has 4 nitrogen and oxygen atoms in total. The second-order valence-corrected chi connectivity index (χ2v) is 2.26. The summed E-state index contributed by atoms with van der Waals surface area (Å²) in [6.45, 7) is 0.508. The first-order valence-electron chi connectivity index (χ1n) is 3.15. The van der Waals surface area contributed by atoms with Crippen molar-refractivity contribution in [2.24, 2.45) is 0 Å². The number of nitrogens with zero attached hydrogens (tertiary/aromatic N) is 2. The Labute approximate surface area is 58.7 Å². The predicted octanol–water partition coefficient (Wildman–Crippen LogP) is 0.652. The van der Waals surface area contributed by atoms with Crippen LogP contribution in [-0.2, 0) is 0 Å². The fraction of sp³-hybridized carbons (Fsp3) is 0.667. The Morgan fingerprint density at radius 2 is 2.50 bits per heavy atom. The molecule has 10 heavy (non-hydrogen) atoms. The maximum atomic E-state index is 10.3. The molecule has 1 aliphatic heterocycles. The Bertz CT molecular complexity index is 185. The van der Waals surface area contributed by atoms with Crippen LogP contribution in [0.5, 0.6) is 0 Å². The molecule has 0 aromatic carbocycles. The summed E-state index contributed by atoms with van der Waals surface area (Å²) in [6, 6.07) is 1.54. The Hall–Kier alpha value is -1.24. The lowest BCUT2D eigenvalue weighted by atomic mass is 10.2. The minimum absolute atomic E-state index is 0.405. The average Bonchev–Trinajstić information content (AvgIpc) is 2.33. The highest BCUT2D eigenvalue weighted by atomic mass is 16.4. The number of hydrogen-bond donors (Lipinski definition) is 1. The SMILES string of the molecule is N#C[C@H]1CCCN1C(=O)O. The van der Waals surface area contributed by atoms with Crippen LogP contribution < -0.4 is 0 Å². The van der Waals surface area contributed by atoms with Crippen LogP contribution in [0.2, 0.25) is 0 Å². The fourth-order valence-corrected chi connectivity index (χ4v) is 1.13. The molecule has 0 radical (unpaired) electrons. The number of nitriles is 1. The molecule has 0 bridgehead atoms. The van der Waals surface area contributed by atoms with Crippen molar-refractivity contribution in [2.75, 3.05) is 6.54 Å². The Kier molecular flexibility index (Phi) is 1.76. The lowest BCUT2D eigenvalue weighted by Gasteiger charge is -2.13. The minimum atomic E-state index is -0.982. The van der Waals surface area contributed by atoms with E-state index in [9.17, 15) is 4.79 Å². The van der Waals surface area contributed by atoms with E-state index in [1.807, 2.05) is 6.07 Å². The van der Waals surface area contributed by atoms with E-state index in [2.05, 4.69) is 0 Å². The summed E-state index contributed by atoms with van der Waals surface area (Å²) >= 11 is 0. The summed E-state index contributed by atoms with van der Waals surface area (Å²) in [7, 11) is 0. The van der Waals surface area contributed by atoms with Gasteiger partial charge in [0.15, 0.2) is 0 Å². The van der Waals surface area contributed by atoms with Gasteiger partial charge in [-0.05, 0) is 12.8 Å². The standard InChI is InChI=1S/C6H8N2O2/c7-4-5-2-1-3-8(5)6(9)10/h5H,1-3H2,(H,9,10)/t5-/m1/s1. The zero-order chi connectivity index (χ0) is 7.56. The molecule has 0 saturated carbocycles. The smallest absolute Gasteiger partial charge is 0.408 e. The zero-order valence-corrected chi connectivity index (χ0v) is 5.45.